The van der Waals surface area contributed by atoms with E-state index in [9.17, 15) is 4.79 Å². The van der Waals surface area contributed by atoms with E-state index in [1.807, 2.05) is 39.9 Å². The van der Waals surface area contributed by atoms with E-state index in [4.69, 9.17) is 4.74 Å². The first kappa shape index (κ1) is 17.1. The minimum Gasteiger partial charge on any atom is -0.379 e. The molecular formula is C19H25N5O2. The smallest absolute Gasteiger partial charge is 0.317 e. The number of imidazole rings is 1. The average Bonchev–Trinajstić information content (AvgIpc) is 3.39. The molecule has 0 saturated carbocycles. The summed E-state index contributed by atoms with van der Waals surface area (Å²) in [6.45, 7) is 5.66. The normalized spacial score (nSPS) is 21.1. The van der Waals surface area contributed by atoms with Crippen molar-refractivity contribution in [2.45, 2.75) is 19.0 Å². The van der Waals surface area contributed by atoms with Gasteiger partial charge in [-0.2, -0.15) is 0 Å². The van der Waals surface area contributed by atoms with Crippen LogP contribution in [0.2, 0.25) is 0 Å². The van der Waals surface area contributed by atoms with Gasteiger partial charge in [-0.25, -0.2) is 9.78 Å². The maximum atomic E-state index is 12.6. The molecule has 7 nitrogen and oxygen atoms in total. The Balaban J connectivity index is 1.34. The fraction of sp³-hybridized carbons (Fsp3) is 0.474. The zero-order valence-corrected chi connectivity index (χ0v) is 14.9. The molecule has 0 bridgehead atoms. The minimum absolute atomic E-state index is 0.0150. The van der Waals surface area contributed by atoms with Gasteiger partial charge in [0, 0.05) is 51.2 Å². The van der Waals surface area contributed by atoms with E-state index < -0.39 is 0 Å². The topological polar surface area (TPSA) is 62.6 Å². The molecule has 1 unspecified atom stereocenters. The van der Waals surface area contributed by atoms with E-state index in [-0.39, 0.29) is 6.03 Å². The number of morpholine rings is 1. The summed E-state index contributed by atoms with van der Waals surface area (Å²) in [5.41, 5.74) is 2.11. The Bertz CT molecular complexity index is 727. The van der Waals surface area contributed by atoms with E-state index >= 15 is 0 Å². The summed E-state index contributed by atoms with van der Waals surface area (Å²) in [5.74, 6) is 0. The highest BCUT2D eigenvalue weighted by molar-refractivity contribution is 5.74. The summed E-state index contributed by atoms with van der Waals surface area (Å²) in [6, 6.07) is 8.54. The number of amides is 2. The van der Waals surface area contributed by atoms with Crippen LogP contribution in [0.25, 0.3) is 5.69 Å². The van der Waals surface area contributed by atoms with Crippen molar-refractivity contribution in [1.82, 2.24) is 24.7 Å². The van der Waals surface area contributed by atoms with E-state index in [0.717, 1.165) is 57.1 Å². The first-order valence-corrected chi connectivity index (χ1v) is 9.22. The van der Waals surface area contributed by atoms with Gasteiger partial charge < -0.3 is 19.5 Å². The first-order chi connectivity index (χ1) is 12.8. The number of hydrogen-bond donors (Lipinski definition) is 1. The molecule has 2 aromatic rings. The van der Waals surface area contributed by atoms with Crippen LogP contribution in [0.1, 0.15) is 12.0 Å². The second-order valence-electron chi connectivity index (χ2n) is 6.79. The fourth-order valence-corrected chi connectivity index (χ4v) is 3.76. The molecular weight excluding hydrogens is 330 g/mol. The molecule has 0 spiro atoms. The Kier molecular flexibility index (Phi) is 5.17. The van der Waals surface area contributed by atoms with Crippen LogP contribution in [0.4, 0.5) is 4.79 Å². The maximum absolute atomic E-state index is 12.6. The van der Waals surface area contributed by atoms with Crippen molar-refractivity contribution < 1.29 is 9.53 Å². The standard InChI is InChI=1S/C19H25N5O2/c25-19(23-7-5-17(14-23)22-9-11-26-12-10-22)21-13-16-3-1-2-4-18(16)24-8-6-20-15-24/h1-4,6,8,15,17H,5,7,9-14H2,(H,21,25). The predicted molar refractivity (Wildman–Crippen MR) is 98.2 cm³/mol. The Hall–Kier alpha value is -2.38. The number of carbonyl (C=O) groups excluding carboxylic acids is 1. The monoisotopic (exact) mass is 355 g/mol. The predicted octanol–water partition coefficient (Wildman–Crippen LogP) is 1.49. The van der Waals surface area contributed by atoms with Crippen LogP contribution in [0.15, 0.2) is 43.0 Å². The van der Waals surface area contributed by atoms with Gasteiger partial charge in [0.25, 0.3) is 0 Å². The third-order valence-corrected chi connectivity index (χ3v) is 5.22. The molecule has 1 atom stereocenters. The maximum Gasteiger partial charge on any atom is 0.317 e. The van der Waals surface area contributed by atoms with Crippen LogP contribution in [0, 0.1) is 0 Å². The lowest BCUT2D eigenvalue weighted by Gasteiger charge is -2.32. The largest absolute Gasteiger partial charge is 0.379 e. The molecule has 2 fully saturated rings. The summed E-state index contributed by atoms with van der Waals surface area (Å²) in [6.07, 6.45) is 6.48. The lowest BCUT2D eigenvalue weighted by molar-refractivity contribution is 0.0191. The Morgan fingerprint density at radius 1 is 1.23 bits per heavy atom. The average molecular weight is 355 g/mol. The second kappa shape index (κ2) is 7.88. The minimum atomic E-state index is 0.0150. The highest BCUT2D eigenvalue weighted by Gasteiger charge is 2.31. The summed E-state index contributed by atoms with van der Waals surface area (Å²) >= 11 is 0. The van der Waals surface area contributed by atoms with Crippen molar-refractivity contribution in [3.8, 4) is 5.69 Å². The molecule has 0 aliphatic carbocycles. The zero-order chi connectivity index (χ0) is 17.8. The number of nitrogens with one attached hydrogen (secondary N) is 1. The molecule has 1 N–H and O–H groups in total. The van der Waals surface area contributed by atoms with Crippen molar-refractivity contribution in [3.05, 3.63) is 48.5 Å². The Labute approximate surface area is 153 Å². The van der Waals surface area contributed by atoms with Gasteiger partial charge in [0.1, 0.15) is 0 Å². The third-order valence-electron chi connectivity index (χ3n) is 5.22. The van der Waals surface area contributed by atoms with Crippen LogP contribution in [-0.4, -0.2) is 70.8 Å². The molecule has 2 aliphatic heterocycles. The molecule has 7 heteroatoms. The lowest BCUT2D eigenvalue weighted by atomic mass is 10.1. The summed E-state index contributed by atoms with van der Waals surface area (Å²) in [4.78, 5) is 21.1. The number of carbonyl (C=O) groups is 1. The lowest BCUT2D eigenvalue weighted by Crippen LogP contribution is -2.46. The van der Waals surface area contributed by atoms with E-state index in [0.29, 0.717) is 12.6 Å². The highest BCUT2D eigenvalue weighted by atomic mass is 16.5. The van der Waals surface area contributed by atoms with E-state index in [1.54, 1.807) is 12.5 Å². The molecule has 4 rings (SSSR count). The summed E-state index contributed by atoms with van der Waals surface area (Å²) < 4.78 is 7.39. The molecule has 138 valence electrons. The Morgan fingerprint density at radius 3 is 2.88 bits per heavy atom. The van der Waals surface area contributed by atoms with Gasteiger partial charge in [-0.3, -0.25) is 4.90 Å². The highest BCUT2D eigenvalue weighted by Crippen LogP contribution is 2.18. The van der Waals surface area contributed by atoms with Crippen LogP contribution in [0.3, 0.4) is 0 Å². The van der Waals surface area contributed by atoms with Crippen molar-refractivity contribution in [1.29, 1.82) is 0 Å². The van der Waals surface area contributed by atoms with Crippen LogP contribution < -0.4 is 5.32 Å². The third kappa shape index (κ3) is 3.73. The van der Waals surface area contributed by atoms with Gasteiger partial charge in [0.15, 0.2) is 0 Å². The number of rotatable bonds is 4. The number of likely N-dealkylation sites (tertiary alicyclic amines) is 1. The van der Waals surface area contributed by atoms with Gasteiger partial charge in [-0.1, -0.05) is 18.2 Å². The van der Waals surface area contributed by atoms with Gasteiger partial charge in [0.05, 0.1) is 25.2 Å². The molecule has 3 heterocycles. The molecule has 1 aromatic heterocycles. The van der Waals surface area contributed by atoms with Crippen molar-refractivity contribution in [2.75, 3.05) is 39.4 Å². The zero-order valence-electron chi connectivity index (χ0n) is 14.9. The second-order valence-corrected chi connectivity index (χ2v) is 6.79. The van der Waals surface area contributed by atoms with E-state index in [1.165, 1.54) is 0 Å². The van der Waals surface area contributed by atoms with Crippen molar-refractivity contribution in [3.63, 3.8) is 0 Å². The number of hydrogen-bond acceptors (Lipinski definition) is 4. The number of nitrogens with zero attached hydrogens (tertiary/aromatic N) is 4. The fourth-order valence-electron chi connectivity index (χ4n) is 3.76. The molecule has 2 amide bonds. The van der Waals surface area contributed by atoms with Crippen molar-refractivity contribution in [2.24, 2.45) is 0 Å². The number of urea groups is 1. The van der Waals surface area contributed by atoms with Crippen LogP contribution >= 0.6 is 0 Å². The van der Waals surface area contributed by atoms with Crippen molar-refractivity contribution >= 4 is 6.03 Å². The number of para-hydroxylation sites is 1. The van der Waals surface area contributed by atoms with Crippen LogP contribution in [0.5, 0.6) is 0 Å². The molecule has 0 radical (unpaired) electrons. The van der Waals surface area contributed by atoms with Gasteiger partial charge in [-0.05, 0) is 18.1 Å². The number of aromatic nitrogens is 2. The SMILES string of the molecule is O=C(NCc1ccccc1-n1ccnc1)N1CCC(N2CCOCC2)C1. The number of ether oxygens (including phenoxy) is 1. The quantitative estimate of drug-likeness (QED) is 0.903. The van der Waals surface area contributed by atoms with Gasteiger partial charge in [-0.15, -0.1) is 0 Å². The molecule has 2 saturated heterocycles. The summed E-state index contributed by atoms with van der Waals surface area (Å²) in [5, 5.41) is 3.08. The van der Waals surface area contributed by atoms with E-state index in [2.05, 4.69) is 15.2 Å². The summed E-state index contributed by atoms with van der Waals surface area (Å²) in [7, 11) is 0. The number of benzene rings is 1. The van der Waals surface area contributed by atoms with Gasteiger partial charge >= 0.3 is 6.03 Å². The van der Waals surface area contributed by atoms with Gasteiger partial charge in [0.2, 0.25) is 0 Å². The molecule has 2 aliphatic rings. The molecule has 26 heavy (non-hydrogen) atoms. The first-order valence-electron chi connectivity index (χ1n) is 9.22. The Morgan fingerprint density at radius 2 is 2.08 bits per heavy atom. The molecule has 1 aromatic carbocycles. The van der Waals surface area contributed by atoms with Crippen LogP contribution in [-0.2, 0) is 11.3 Å².